The average Bonchev–Trinajstić information content (AvgIpc) is 3.10. The molecule has 0 atom stereocenters. The first kappa shape index (κ1) is 19.9. The van der Waals surface area contributed by atoms with Gasteiger partial charge in [-0.2, -0.15) is 23.4 Å². The SMILES string of the molecule is Cc1nn(Cc2cccc(Cl)c2)c(C)c1NC(=O)c1cc(C(F)(F)F)nn1C. The zero-order valence-corrected chi connectivity index (χ0v) is 16.1. The standard InChI is InChI=1S/C18H17ClF3N5O/c1-10-16(11(2)27(24-10)9-12-5-4-6-13(19)7-12)23-17(28)14-8-15(18(20,21)22)25-26(14)3/h4-8H,9H2,1-3H3,(H,23,28). The number of hydrogen-bond acceptors (Lipinski definition) is 3. The van der Waals surface area contributed by atoms with E-state index >= 15 is 0 Å². The van der Waals surface area contributed by atoms with Crippen LogP contribution in [0.15, 0.2) is 30.3 Å². The Morgan fingerprint density at radius 2 is 1.93 bits per heavy atom. The summed E-state index contributed by atoms with van der Waals surface area (Å²) >= 11 is 6.00. The van der Waals surface area contributed by atoms with E-state index in [4.69, 9.17) is 11.6 Å². The maximum atomic E-state index is 12.8. The first-order valence-corrected chi connectivity index (χ1v) is 8.65. The largest absolute Gasteiger partial charge is 0.435 e. The number of anilines is 1. The van der Waals surface area contributed by atoms with Crippen molar-refractivity contribution >= 4 is 23.2 Å². The molecule has 148 valence electrons. The topological polar surface area (TPSA) is 64.7 Å². The predicted molar refractivity (Wildman–Crippen MR) is 98.4 cm³/mol. The lowest BCUT2D eigenvalue weighted by Gasteiger charge is -2.08. The van der Waals surface area contributed by atoms with E-state index in [1.54, 1.807) is 24.6 Å². The number of carbonyl (C=O) groups is 1. The van der Waals surface area contributed by atoms with Crippen LogP contribution in [-0.2, 0) is 19.8 Å². The van der Waals surface area contributed by atoms with Crippen molar-refractivity contribution < 1.29 is 18.0 Å². The molecular formula is C18H17ClF3N5O. The highest BCUT2D eigenvalue weighted by molar-refractivity contribution is 6.30. The first-order valence-electron chi connectivity index (χ1n) is 8.27. The van der Waals surface area contributed by atoms with Gasteiger partial charge in [0.1, 0.15) is 5.69 Å². The molecule has 2 aromatic heterocycles. The molecule has 0 spiro atoms. The molecule has 10 heteroatoms. The van der Waals surface area contributed by atoms with Gasteiger partial charge in [0.2, 0.25) is 0 Å². The Balaban J connectivity index is 1.84. The predicted octanol–water partition coefficient (Wildman–Crippen LogP) is 4.21. The van der Waals surface area contributed by atoms with E-state index in [0.29, 0.717) is 28.6 Å². The molecule has 0 radical (unpaired) electrons. The molecule has 28 heavy (non-hydrogen) atoms. The summed E-state index contributed by atoms with van der Waals surface area (Å²) in [5.41, 5.74) is 1.27. The lowest BCUT2D eigenvalue weighted by Crippen LogP contribution is -2.17. The molecule has 0 aliphatic heterocycles. The molecule has 0 saturated carbocycles. The van der Waals surface area contributed by atoms with Crippen molar-refractivity contribution in [3.8, 4) is 0 Å². The molecule has 0 unspecified atom stereocenters. The molecule has 3 aromatic rings. The van der Waals surface area contributed by atoms with Gasteiger partial charge in [0, 0.05) is 18.1 Å². The Labute approximate surface area is 163 Å². The van der Waals surface area contributed by atoms with Crippen LogP contribution in [-0.4, -0.2) is 25.5 Å². The van der Waals surface area contributed by atoms with Crippen molar-refractivity contribution in [1.82, 2.24) is 19.6 Å². The summed E-state index contributed by atoms with van der Waals surface area (Å²) in [5, 5.41) is 11.0. The van der Waals surface area contributed by atoms with Crippen LogP contribution in [0.25, 0.3) is 0 Å². The minimum absolute atomic E-state index is 0.200. The first-order chi connectivity index (χ1) is 13.1. The number of aromatic nitrogens is 4. The van der Waals surface area contributed by atoms with Crippen molar-refractivity contribution in [2.75, 3.05) is 5.32 Å². The zero-order valence-electron chi connectivity index (χ0n) is 15.3. The number of halogens is 4. The van der Waals surface area contributed by atoms with Crippen LogP contribution in [0, 0.1) is 13.8 Å². The maximum Gasteiger partial charge on any atom is 0.435 e. The molecular weight excluding hydrogens is 395 g/mol. The number of amides is 1. The molecule has 0 fully saturated rings. The second-order valence-electron chi connectivity index (χ2n) is 6.32. The molecule has 3 rings (SSSR count). The molecule has 6 nitrogen and oxygen atoms in total. The van der Waals surface area contributed by atoms with Crippen LogP contribution < -0.4 is 5.32 Å². The highest BCUT2D eigenvalue weighted by Crippen LogP contribution is 2.29. The van der Waals surface area contributed by atoms with Crippen LogP contribution in [0.5, 0.6) is 0 Å². The fraction of sp³-hybridized carbons (Fsp3) is 0.278. The van der Waals surface area contributed by atoms with Crippen LogP contribution >= 0.6 is 11.6 Å². The lowest BCUT2D eigenvalue weighted by molar-refractivity contribution is -0.141. The number of nitrogens with one attached hydrogen (secondary N) is 1. The summed E-state index contributed by atoms with van der Waals surface area (Å²) in [6, 6.07) is 8.02. The highest BCUT2D eigenvalue weighted by atomic mass is 35.5. The third-order valence-corrected chi connectivity index (χ3v) is 4.48. The minimum Gasteiger partial charge on any atom is -0.317 e. The smallest absolute Gasteiger partial charge is 0.317 e. The zero-order chi connectivity index (χ0) is 20.6. The second-order valence-corrected chi connectivity index (χ2v) is 6.76. The van der Waals surface area contributed by atoms with Gasteiger partial charge in [-0.3, -0.25) is 14.2 Å². The third-order valence-electron chi connectivity index (χ3n) is 4.24. The molecule has 1 N–H and O–H groups in total. The quantitative estimate of drug-likeness (QED) is 0.699. The van der Waals surface area contributed by atoms with E-state index in [2.05, 4.69) is 15.5 Å². The highest BCUT2D eigenvalue weighted by Gasteiger charge is 2.35. The monoisotopic (exact) mass is 411 g/mol. The summed E-state index contributed by atoms with van der Waals surface area (Å²) < 4.78 is 41.0. The van der Waals surface area contributed by atoms with Gasteiger partial charge in [0.05, 0.1) is 23.6 Å². The molecule has 0 saturated heterocycles. The molecule has 2 heterocycles. The van der Waals surface area contributed by atoms with E-state index in [9.17, 15) is 18.0 Å². The van der Waals surface area contributed by atoms with Gasteiger partial charge in [0.25, 0.3) is 5.91 Å². The van der Waals surface area contributed by atoms with Crippen LogP contribution in [0.2, 0.25) is 5.02 Å². The van der Waals surface area contributed by atoms with Gasteiger partial charge in [-0.05, 0) is 31.5 Å². The summed E-state index contributed by atoms with van der Waals surface area (Å²) in [7, 11) is 1.28. The minimum atomic E-state index is -4.62. The van der Waals surface area contributed by atoms with E-state index in [0.717, 1.165) is 16.3 Å². The summed E-state index contributed by atoms with van der Waals surface area (Å²) in [4.78, 5) is 12.5. The van der Waals surface area contributed by atoms with Gasteiger partial charge in [-0.25, -0.2) is 0 Å². The number of benzene rings is 1. The third kappa shape index (κ3) is 4.04. The number of hydrogen-bond donors (Lipinski definition) is 1. The number of carbonyl (C=O) groups excluding carboxylic acids is 1. The summed E-state index contributed by atoms with van der Waals surface area (Å²) in [6.45, 7) is 3.92. The molecule has 0 aliphatic carbocycles. The summed E-state index contributed by atoms with van der Waals surface area (Å²) in [6.07, 6.45) is -4.62. The van der Waals surface area contributed by atoms with Crippen molar-refractivity contribution in [2.45, 2.75) is 26.6 Å². The Hall–Kier alpha value is -2.81. The number of alkyl halides is 3. The van der Waals surface area contributed by atoms with Crippen LogP contribution in [0.4, 0.5) is 18.9 Å². The Kier molecular flexibility index (Phi) is 5.20. The molecule has 1 amide bonds. The van der Waals surface area contributed by atoms with Gasteiger partial charge < -0.3 is 5.32 Å². The Bertz CT molecular complexity index is 1040. The van der Waals surface area contributed by atoms with E-state index in [-0.39, 0.29) is 5.69 Å². The molecule has 0 bridgehead atoms. The van der Waals surface area contributed by atoms with Crippen molar-refractivity contribution in [2.24, 2.45) is 7.05 Å². The maximum absolute atomic E-state index is 12.8. The van der Waals surface area contributed by atoms with Crippen molar-refractivity contribution in [1.29, 1.82) is 0 Å². The molecule has 1 aromatic carbocycles. The van der Waals surface area contributed by atoms with Crippen molar-refractivity contribution in [3.05, 3.63) is 63.7 Å². The number of aryl methyl sites for hydroxylation is 2. The fourth-order valence-corrected chi connectivity index (χ4v) is 3.05. The van der Waals surface area contributed by atoms with Gasteiger partial charge >= 0.3 is 6.18 Å². The van der Waals surface area contributed by atoms with Gasteiger partial charge in [-0.15, -0.1) is 0 Å². The lowest BCUT2D eigenvalue weighted by atomic mass is 10.2. The van der Waals surface area contributed by atoms with E-state index < -0.39 is 17.8 Å². The van der Waals surface area contributed by atoms with E-state index in [1.807, 2.05) is 18.2 Å². The van der Waals surface area contributed by atoms with Gasteiger partial charge in [-0.1, -0.05) is 23.7 Å². The van der Waals surface area contributed by atoms with Crippen LogP contribution in [0.3, 0.4) is 0 Å². The molecule has 0 aliphatic rings. The van der Waals surface area contributed by atoms with Crippen molar-refractivity contribution in [3.63, 3.8) is 0 Å². The summed E-state index contributed by atoms with van der Waals surface area (Å²) in [5.74, 6) is -0.695. The van der Waals surface area contributed by atoms with Gasteiger partial charge in [0.15, 0.2) is 5.69 Å². The Morgan fingerprint density at radius 1 is 1.21 bits per heavy atom. The number of nitrogens with zero attached hydrogens (tertiary/aromatic N) is 4. The average molecular weight is 412 g/mol. The Morgan fingerprint density at radius 3 is 2.54 bits per heavy atom. The number of rotatable bonds is 4. The van der Waals surface area contributed by atoms with E-state index in [1.165, 1.54) is 7.05 Å². The van der Waals surface area contributed by atoms with Crippen LogP contribution in [0.1, 0.15) is 33.1 Å². The normalized spacial score (nSPS) is 11.7. The second kappa shape index (κ2) is 7.31. The fourth-order valence-electron chi connectivity index (χ4n) is 2.84.